The van der Waals surface area contributed by atoms with E-state index >= 15 is 0 Å². The molecule has 132 valence electrons. The Labute approximate surface area is 157 Å². The minimum atomic E-state index is -0.297. The Bertz CT molecular complexity index is 1060. The van der Waals surface area contributed by atoms with E-state index in [1.807, 2.05) is 11.4 Å². The topological polar surface area (TPSA) is 70.7 Å². The highest BCUT2D eigenvalue weighted by Crippen LogP contribution is 2.30. The van der Waals surface area contributed by atoms with Crippen LogP contribution >= 0.6 is 23.1 Å². The molecule has 0 bridgehead atoms. The number of hydrogen-bond acceptors (Lipinski definition) is 5. The van der Waals surface area contributed by atoms with Gasteiger partial charge in [0, 0.05) is 27.7 Å². The smallest absolute Gasteiger partial charge is 0.230 e. The van der Waals surface area contributed by atoms with Gasteiger partial charge in [0.05, 0.1) is 17.5 Å². The van der Waals surface area contributed by atoms with Gasteiger partial charge >= 0.3 is 0 Å². The number of fused-ring (bicyclic) bond motifs is 3. The Kier molecular flexibility index (Phi) is 4.85. The number of carbonyl (C=O) groups is 1. The first-order chi connectivity index (χ1) is 12.7. The third-order valence-corrected chi connectivity index (χ3v) is 5.87. The molecule has 4 rings (SSSR count). The summed E-state index contributed by atoms with van der Waals surface area (Å²) in [6.07, 6.45) is 2.44. The average Bonchev–Trinajstić information content (AvgIpc) is 3.27. The number of nitrogens with one attached hydrogen (secondary N) is 2. The van der Waals surface area contributed by atoms with E-state index in [2.05, 4.69) is 26.6 Å². The molecule has 0 atom stereocenters. The Morgan fingerprint density at radius 1 is 1.31 bits per heavy atom. The van der Waals surface area contributed by atoms with Gasteiger partial charge in [0.15, 0.2) is 0 Å². The molecule has 8 heteroatoms. The van der Waals surface area contributed by atoms with E-state index in [9.17, 15) is 9.18 Å². The fourth-order valence-corrected chi connectivity index (χ4v) is 4.23. The number of H-pyrrole nitrogens is 1. The standard InChI is InChI=1S/C18H15FN4OS2/c19-11-3-4-15-13(8-11)14-9-21-23-18(17(14)22-15)26-10-16(24)20-6-5-12-2-1-7-25-12/h1-4,7-9,22H,5-6,10H2,(H,20,24). The molecule has 0 aliphatic carbocycles. The van der Waals surface area contributed by atoms with Gasteiger partial charge in [-0.2, -0.15) is 5.10 Å². The van der Waals surface area contributed by atoms with Crippen molar-refractivity contribution in [2.45, 2.75) is 11.4 Å². The Morgan fingerprint density at radius 2 is 2.23 bits per heavy atom. The second kappa shape index (κ2) is 7.43. The average molecular weight is 386 g/mol. The highest BCUT2D eigenvalue weighted by atomic mass is 32.2. The lowest BCUT2D eigenvalue weighted by atomic mass is 10.2. The zero-order valence-corrected chi connectivity index (χ0v) is 15.3. The quantitative estimate of drug-likeness (QED) is 0.495. The lowest BCUT2D eigenvalue weighted by Gasteiger charge is -2.04. The first-order valence-corrected chi connectivity index (χ1v) is 9.92. The van der Waals surface area contributed by atoms with Gasteiger partial charge in [-0.15, -0.1) is 16.4 Å². The van der Waals surface area contributed by atoms with Crippen molar-refractivity contribution in [3.8, 4) is 0 Å². The van der Waals surface area contributed by atoms with Gasteiger partial charge < -0.3 is 10.3 Å². The highest BCUT2D eigenvalue weighted by molar-refractivity contribution is 8.00. The van der Waals surface area contributed by atoms with E-state index in [0.717, 1.165) is 28.2 Å². The molecule has 3 heterocycles. The predicted octanol–water partition coefficient (Wildman–Crippen LogP) is 3.76. The maximum absolute atomic E-state index is 13.5. The van der Waals surface area contributed by atoms with Crippen molar-refractivity contribution in [2.75, 3.05) is 12.3 Å². The summed E-state index contributed by atoms with van der Waals surface area (Å²) in [5.41, 5.74) is 1.59. The number of thiophene rings is 1. The summed E-state index contributed by atoms with van der Waals surface area (Å²) in [4.78, 5) is 16.5. The van der Waals surface area contributed by atoms with Crippen LogP contribution in [0.2, 0.25) is 0 Å². The number of amides is 1. The molecule has 1 amide bonds. The number of aromatic amines is 1. The summed E-state index contributed by atoms with van der Waals surface area (Å²) in [7, 11) is 0. The molecule has 2 N–H and O–H groups in total. The first kappa shape index (κ1) is 17.0. The van der Waals surface area contributed by atoms with E-state index in [4.69, 9.17) is 0 Å². The van der Waals surface area contributed by atoms with Crippen molar-refractivity contribution in [1.82, 2.24) is 20.5 Å². The monoisotopic (exact) mass is 386 g/mol. The normalized spacial score (nSPS) is 11.3. The van der Waals surface area contributed by atoms with Crippen LogP contribution in [-0.4, -0.2) is 33.4 Å². The summed E-state index contributed by atoms with van der Waals surface area (Å²) < 4.78 is 13.5. The van der Waals surface area contributed by atoms with Crippen LogP contribution in [0.15, 0.2) is 46.9 Å². The van der Waals surface area contributed by atoms with Crippen LogP contribution in [-0.2, 0) is 11.2 Å². The summed E-state index contributed by atoms with van der Waals surface area (Å²) in [5, 5.41) is 15.3. The van der Waals surface area contributed by atoms with Gasteiger partial charge in [-0.25, -0.2) is 4.39 Å². The fraction of sp³-hybridized carbons (Fsp3) is 0.167. The van der Waals surface area contributed by atoms with Crippen molar-refractivity contribution in [1.29, 1.82) is 0 Å². The number of nitrogens with zero attached hydrogens (tertiary/aromatic N) is 2. The third-order valence-electron chi connectivity index (χ3n) is 3.96. The minimum Gasteiger partial charge on any atom is -0.355 e. The second-order valence-electron chi connectivity index (χ2n) is 5.72. The first-order valence-electron chi connectivity index (χ1n) is 8.05. The summed E-state index contributed by atoms with van der Waals surface area (Å²) >= 11 is 3.00. The van der Waals surface area contributed by atoms with E-state index in [-0.39, 0.29) is 17.5 Å². The Hall–Kier alpha value is -2.45. The van der Waals surface area contributed by atoms with Crippen molar-refractivity contribution in [3.05, 3.63) is 52.6 Å². The van der Waals surface area contributed by atoms with Crippen LogP contribution in [0, 0.1) is 5.82 Å². The number of hydrogen-bond donors (Lipinski definition) is 2. The van der Waals surface area contributed by atoms with Crippen molar-refractivity contribution in [2.24, 2.45) is 0 Å². The molecule has 0 radical (unpaired) electrons. The minimum absolute atomic E-state index is 0.0486. The zero-order chi connectivity index (χ0) is 17.9. The van der Waals surface area contributed by atoms with Crippen molar-refractivity contribution in [3.63, 3.8) is 0 Å². The SMILES string of the molecule is O=C(CSc1nncc2c1[nH]c1ccc(F)cc12)NCCc1cccs1. The maximum atomic E-state index is 13.5. The summed E-state index contributed by atoms with van der Waals surface area (Å²) in [5.74, 6) is -0.0934. The molecule has 0 fully saturated rings. The number of halogens is 1. The number of aromatic nitrogens is 3. The number of thioether (sulfide) groups is 1. The number of carbonyl (C=O) groups excluding carboxylic acids is 1. The lowest BCUT2D eigenvalue weighted by molar-refractivity contribution is -0.118. The van der Waals surface area contributed by atoms with Crippen molar-refractivity contribution < 1.29 is 9.18 Å². The van der Waals surface area contributed by atoms with Crippen LogP contribution in [0.1, 0.15) is 4.88 Å². The van der Waals surface area contributed by atoms with E-state index in [1.165, 1.54) is 28.8 Å². The molecule has 0 saturated carbocycles. The molecule has 3 aromatic heterocycles. The van der Waals surface area contributed by atoms with Crippen molar-refractivity contribution >= 4 is 50.8 Å². The third kappa shape index (κ3) is 3.56. The Balaban J connectivity index is 1.43. The largest absolute Gasteiger partial charge is 0.355 e. The molecule has 0 unspecified atom stereocenters. The molecule has 1 aromatic carbocycles. The van der Waals surface area contributed by atoms with Gasteiger partial charge in [-0.3, -0.25) is 4.79 Å². The fourth-order valence-electron chi connectivity index (χ4n) is 2.74. The highest BCUT2D eigenvalue weighted by Gasteiger charge is 2.12. The molecular formula is C18H15FN4OS2. The lowest BCUT2D eigenvalue weighted by Crippen LogP contribution is -2.27. The zero-order valence-electron chi connectivity index (χ0n) is 13.7. The molecule has 0 aliphatic heterocycles. The van der Waals surface area contributed by atoms with Crippen LogP contribution in [0.5, 0.6) is 0 Å². The number of rotatable bonds is 6. The van der Waals surface area contributed by atoms with Gasteiger partial charge in [-0.05, 0) is 36.1 Å². The second-order valence-corrected chi connectivity index (χ2v) is 7.72. The maximum Gasteiger partial charge on any atom is 0.230 e. The van der Waals surface area contributed by atoms with Gasteiger partial charge in [0.25, 0.3) is 0 Å². The Morgan fingerprint density at radius 3 is 3.08 bits per heavy atom. The summed E-state index contributed by atoms with van der Waals surface area (Å²) in [6.45, 7) is 0.613. The van der Waals surface area contributed by atoms with Crippen LogP contribution in [0.25, 0.3) is 21.8 Å². The van der Waals surface area contributed by atoms with Gasteiger partial charge in [0.1, 0.15) is 10.8 Å². The van der Waals surface area contributed by atoms with E-state index in [0.29, 0.717) is 11.6 Å². The molecule has 0 aliphatic rings. The van der Waals surface area contributed by atoms with E-state index in [1.54, 1.807) is 23.6 Å². The predicted molar refractivity (Wildman–Crippen MR) is 103 cm³/mol. The molecule has 0 spiro atoms. The number of benzene rings is 1. The molecular weight excluding hydrogens is 371 g/mol. The van der Waals surface area contributed by atoms with E-state index < -0.39 is 0 Å². The summed E-state index contributed by atoms with van der Waals surface area (Å²) in [6, 6.07) is 8.63. The molecule has 0 saturated heterocycles. The molecule has 5 nitrogen and oxygen atoms in total. The van der Waals surface area contributed by atoms with Crippen LogP contribution < -0.4 is 5.32 Å². The van der Waals surface area contributed by atoms with Crippen LogP contribution in [0.4, 0.5) is 4.39 Å². The van der Waals surface area contributed by atoms with Gasteiger partial charge in [0.2, 0.25) is 5.91 Å². The molecule has 26 heavy (non-hydrogen) atoms. The molecule has 4 aromatic rings. The van der Waals surface area contributed by atoms with Gasteiger partial charge in [-0.1, -0.05) is 17.8 Å². The van der Waals surface area contributed by atoms with Crippen LogP contribution in [0.3, 0.4) is 0 Å².